The van der Waals surface area contributed by atoms with Gasteiger partial charge in [0.05, 0.1) is 16.6 Å². The van der Waals surface area contributed by atoms with Crippen LogP contribution in [-0.2, 0) is 13.0 Å². The Morgan fingerprint density at radius 2 is 1.92 bits per heavy atom. The standard InChI is InChI=1S/C30H28ClF3N4O/c31-27-15-35-10-8-25(27)26-5-1-3-19-13-23(39)6-7-24(19)29(26)20-9-12-38-18-22(36-28(38)14-20)17-37-11-2-4-21(16-37)30(32,33)34/h6-10,12-15,18,21,39H,1-5,11,16-17H2. The molecule has 6 rings (SSSR count). The van der Waals surface area contributed by atoms with Crippen molar-refractivity contribution in [3.05, 3.63) is 94.2 Å². The maximum Gasteiger partial charge on any atom is 0.393 e. The molecule has 39 heavy (non-hydrogen) atoms. The Labute approximate surface area is 229 Å². The van der Waals surface area contributed by atoms with Crippen LogP contribution in [0.1, 0.15) is 53.6 Å². The number of hydrogen-bond donors (Lipinski definition) is 1. The van der Waals surface area contributed by atoms with Crippen molar-refractivity contribution in [2.75, 3.05) is 13.1 Å². The van der Waals surface area contributed by atoms with Crippen molar-refractivity contribution < 1.29 is 18.3 Å². The van der Waals surface area contributed by atoms with Gasteiger partial charge in [-0.15, -0.1) is 0 Å². The largest absolute Gasteiger partial charge is 0.508 e. The summed E-state index contributed by atoms with van der Waals surface area (Å²) in [5, 5.41) is 10.8. The van der Waals surface area contributed by atoms with Gasteiger partial charge in [-0.25, -0.2) is 4.98 Å². The first-order valence-electron chi connectivity index (χ1n) is 13.2. The molecule has 4 heterocycles. The Bertz CT molecular complexity index is 1560. The highest BCUT2D eigenvalue weighted by atomic mass is 35.5. The Morgan fingerprint density at radius 1 is 1.05 bits per heavy atom. The predicted molar refractivity (Wildman–Crippen MR) is 145 cm³/mol. The molecule has 1 saturated heterocycles. The average molecular weight is 553 g/mol. The number of phenols is 1. The molecule has 3 aromatic heterocycles. The van der Waals surface area contributed by atoms with E-state index in [2.05, 4.69) is 4.98 Å². The molecule has 0 bridgehead atoms. The molecule has 1 fully saturated rings. The number of alkyl halides is 3. The van der Waals surface area contributed by atoms with Crippen LogP contribution in [-0.4, -0.2) is 43.6 Å². The molecule has 9 heteroatoms. The van der Waals surface area contributed by atoms with Gasteiger partial charge in [-0.2, -0.15) is 13.2 Å². The normalized spacial score (nSPS) is 18.8. The molecule has 1 N–H and O–H groups in total. The van der Waals surface area contributed by atoms with Crippen LogP contribution in [0.25, 0.3) is 16.8 Å². The Morgan fingerprint density at radius 3 is 2.74 bits per heavy atom. The quantitative estimate of drug-likeness (QED) is 0.292. The minimum Gasteiger partial charge on any atom is -0.508 e. The zero-order valence-electron chi connectivity index (χ0n) is 21.3. The summed E-state index contributed by atoms with van der Waals surface area (Å²) in [4.78, 5) is 10.8. The number of aryl methyl sites for hydroxylation is 1. The highest BCUT2D eigenvalue weighted by Crippen LogP contribution is 2.42. The molecule has 1 unspecified atom stereocenters. The molecule has 0 amide bonds. The maximum absolute atomic E-state index is 13.3. The molecule has 0 saturated carbocycles. The summed E-state index contributed by atoms with van der Waals surface area (Å²) in [6, 6.07) is 11.5. The molecular weight excluding hydrogens is 525 g/mol. The number of nitrogens with zero attached hydrogens (tertiary/aromatic N) is 4. The fourth-order valence-electron chi connectivity index (χ4n) is 5.95. The topological polar surface area (TPSA) is 53.7 Å². The number of benzene rings is 1. The molecule has 1 aliphatic heterocycles. The predicted octanol–water partition coefficient (Wildman–Crippen LogP) is 7.16. The lowest BCUT2D eigenvalue weighted by Crippen LogP contribution is -2.41. The van der Waals surface area contributed by atoms with Gasteiger partial charge in [0.2, 0.25) is 0 Å². The Hall–Kier alpha value is -3.36. The van der Waals surface area contributed by atoms with E-state index >= 15 is 0 Å². The molecule has 1 aromatic carbocycles. The fourth-order valence-corrected chi connectivity index (χ4v) is 6.19. The van der Waals surface area contributed by atoms with Gasteiger partial charge in [0.15, 0.2) is 0 Å². The number of allylic oxidation sites excluding steroid dienone is 1. The molecule has 202 valence electrons. The minimum absolute atomic E-state index is 0.00912. The molecule has 1 aliphatic carbocycles. The number of pyridine rings is 2. The SMILES string of the molecule is Oc1ccc2c(c1)CCCC(c1ccncc1Cl)=C2c1ccn2cc(CN3CCCC(C(F)(F)F)C3)nc2c1. The zero-order valence-corrected chi connectivity index (χ0v) is 22.0. The summed E-state index contributed by atoms with van der Waals surface area (Å²) in [5.41, 5.74) is 7.61. The number of phenolic OH excluding ortho intramolecular Hbond substituents is 1. The number of imidazole rings is 1. The maximum atomic E-state index is 13.3. The highest BCUT2D eigenvalue weighted by molar-refractivity contribution is 6.32. The van der Waals surface area contributed by atoms with E-state index in [-0.39, 0.29) is 18.7 Å². The molecular formula is C30H28ClF3N4O. The lowest BCUT2D eigenvalue weighted by molar-refractivity contribution is -0.187. The van der Waals surface area contributed by atoms with Crippen molar-refractivity contribution in [1.29, 1.82) is 0 Å². The van der Waals surface area contributed by atoms with E-state index in [1.807, 2.05) is 52.0 Å². The summed E-state index contributed by atoms with van der Waals surface area (Å²) in [7, 11) is 0. The molecule has 0 spiro atoms. The molecule has 5 nitrogen and oxygen atoms in total. The first-order chi connectivity index (χ1) is 18.8. The van der Waals surface area contributed by atoms with Crippen molar-refractivity contribution in [2.24, 2.45) is 5.92 Å². The Balaban J connectivity index is 1.40. The average Bonchev–Trinajstić information content (AvgIpc) is 3.21. The van der Waals surface area contributed by atoms with Gasteiger partial charge in [-0.1, -0.05) is 17.7 Å². The first-order valence-corrected chi connectivity index (χ1v) is 13.6. The van der Waals surface area contributed by atoms with Crippen LogP contribution in [0.3, 0.4) is 0 Å². The number of halogens is 4. The van der Waals surface area contributed by atoms with Crippen molar-refractivity contribution in [3.63, 3.8) is 0 Å². The van der Waals surface area contributed by atoms with Crippen LogP contribution >= 0.6 is 11.6 Å². The lowest BCUT2D eigenvalue weighted by Gasteiger charge is -2.33. The number of aromatic nitrogens is 3. The van der Waals surface area contributed by atoms with Gasteiger partial charge in [-0.05, 0) is 102 Å². The highest BCUT2D eigenvalue weighted by Gasteiger charge is 2.41. The molecule has 4 aromatic rings. The second-order valence-electron chi connectivity index (χ2n) is 10.4. The van der Waals surface area contributed by atoms with E-state index in [4.69, 9.17) is 16.6 Å². The van der Waals surface area contributed by atoms with Gasteiger partial charge in [0, 0.05) is 37.9 Å². The number of fused-ring (bicyclic) bond motifs is 2. The third-order valence-corrected chi connectivity index (χ3v) is 8.08. The van der Waals surface area contributed by atoms with Gasteiger partial charge in [0.25, 0.3) is 0 Å². The third-order valence-electron chi connectivity index (χ3n) is 7.78. The second kappa shape index (κ2) is 10.3. The van der Waals surface area contributed by atoms with E-state index in [1.54, 1.807) is 18.5 Å². The van der Waals surface area contributed by atoms with E-state index < -0.39 is 12.1 Å². The summed E-state index contributed by atoms with van der Waals surface area (Å²) < 4.78 is 41.8. The van der Waals surface area contributed by atoms with Crippen molar-refractivity contribution >= 4 is 28.4 Å². The van der Waals surface area contributed by atoms with Crippen LogP contribution in [0.4, 0.5) is 13.2 Å². The molecule has 0 radical (unpaired) electrons. The number of aromatic hydroxyl groups is 1. The number of rotatable bonds is 4. The first kappa shape index (κ1) is 25.9. The fraction of sp³-hybridized carbons (Fsp3) is 0.333. The van der Waals surface area contributed by atoms with Crippen molar-refractivity contribution in [2.45, 2.75) is 44.8 Å². The van der Waals surface area contributed by atoms with Gasteiger partial charge in [-0.3, -0.25) is 9.88 Å². The summed E-state index contributed by atoms with van der Waals surface area (Å²) in [5.74, 6) is -1.05. The van der Waals surface area contributed by atoms with Crippen LogP contribution in [0, 0.1) is 5.92 Å². The van der Waals surface area contributed by atoms with Gasteiger partial charge in [0.1, 0.15) is 11.4 Å². The molecule has 2 aliphatic rings. The minimum atomic E-state index is -4.17. The van der Waals surface area contributed by atoms with E-state index in [0.29, 0.717) is 24.5 Å². The van der Waals surface area contributed by atoms with E-state index in [9.17, 15) is 18.3 Å². The summed E-state index contributed by atoms with van der Waals surface area (Å²) >= 11 is 6.62. The third kappa shape index (κ3) is 5.28. The molecule has 1 atom stereocenters. The number of hydrogen-bond acceptors (Lipinski definition) is 4. The van der Waals surface area contributed by atoms with Crippen LogP contribution < -0.4 is 0 Å². The monoisotopic (exact) mass is 552 g/mol. The zero-order chi connectivity index (χ0) is 27.1. The number of piperidine rings is 1. The summed E-state index contributed by atoms with van der Waals surface area (Å²) in [6.45, 7) is 1.03. The van der Waals surface area contributed by atoms with E-state index in [0.717, 1.165) is 64.0 Å². The smallest absolute Gasteiger partial charge is 0.393 e. The van der Waals surface area contributed by atoms with Crippen LogP contribution in [0.15, 0.2) is 61.2 Å². The number of likely N-dealkylation sites (tertiary alicyclic amines) is 1. The Kier molecular flexibility index (Phi) is 6.85. The van der Waals surface area contributed by atoms with Gasteiger partial charge < -0.3 is 9.51 Å². The van der Waals surface area contributed by atoms with Crippen molar-refractivity contribution in [3.8, 4) is 5.75 Å². The lowest BCUT2D eigenvalue weighted by atomic mass is 9.88. The second-order valence-corrected chi connectivity index (χ2v) is 10.8. The van der Waals surface area contributed by atoms with Crippen LogP contribution in [0.2, 0.25) is 5.02 Å². The van der Waals surface area contributed by atoms with Crippen molar-refractivity contribution in [1.82, 2.24) is 19.3 Å². The van der Waals surface area contributed by atoms with E-state index in [1.165, 1.54) is 0 Å². The summed E-state index contributed by atoms with van der Waals surface area (Å²) in [6.07, 6.45) is 6.31. The van der Waals surface area contributed by atoms with Crippen LogP contribution in [0.5, 0.6) is 5.75 Å². The van der Waals surface area contributed by atoms with Gasteiger partial charge >= 0.3 is 6.18 Å².